The first-order valence-corrected chi connectivity index (χ1v) is 10.7. The first-order chi connectivity index (χ1) is 16.9. The predicted molar refractivity (Wildman–Crippen MR) is 127 cm³/mol. The molecule has 0 spiro atoms. The minimum atomic E-state index is -1.30. The Labute approximate surface area is 199 Å². The predicted octanol–water partition coefficient (Wildman–Crippen LogP) is 2.45. The van der Waals surface area contributed by atoms with Gasteiger partial charge in [-0.15, -0.1) is 0 Å². The smallest absolute Gasteiger partial charge is 0.326 e. The van der Waals surface area contributed by atoms with Crippen molar-refractivity contribution in [1.82, 2.24) is 14.9 Å². The number of carboxylic acids is 1. The average molecular weight is 468 g/mol. The van der Waals surface area contributed by atoms with Crippen LogP contribution in [-0.4, -0.2) is 37.7 Å². The van der Waals surface area contributed by atoms with Gasteiger partial charge in [-0.25, -0.2) is 9.78 Å². The molecule has 2 aromatic heterocycles. The highest BCUT2D eigenvalue weighted by Gasteiger charge is 2.26. The molecule has 0 aliphatic rings. The van der Waals surface area contributed by atoms with Crippen LogP contribution in [0.1, 0.15) is 27.3 Å². The number of hydrogen-bond donors (Lipinski definition) is 3. The number of carbonyl (C=O) groups is 2. The zero-order valence-electron chi connectivity index (χ0n) is 18.4. The number of nitrogens with one attached hydrogen (secondary N) is 1. The third-order valence-electron chi connectivity index (χ3n) is 5.51. The molecule has 4 rings (SSSR count). The van der Waals surface area contributed by atoms with Gasteiger partial charge in [0.25, 0.3) is 11.5 Å². The van der Waals surface area contributed by atoms with Gasteiger partial charge in [-0.05, 0) is 17.2 Å². The van der Waals surface area contributed by atoms with Gasteiger partial charge >= 0.3 is 5.97 Å². The lowest BCUT2D eigenvalue weighted by molar-refractivity contribution is -0.139. The van der Waals surface area contributed by atoms with Crippen molar-refractivity contribution in [3.05, 3.63) is 106 Å². The minimum absolute atomic E-state index is 0.00551. The van der Waals surface area contributed by atoms with E-state index in [2.05, 4.69) is 10.3 Å². The second kappa shape index (κ2) is 9.89. The van der Waals surface area contributed by atoms with Gasteiger partial charge in [0.05, 0.1) is 11.9 Å². The van der Waals surface area contributed by atoms with Crippen LogP contribution in [-0.2, 0) is 17.8 Å². The van der Waals surface area contributed by atoms with Crippen molar-refractivity contribution in [3.8, 4) is 11.8 Å². The molecular weight excluding hydrogens is 448 g/mol. The molecule has 0 saturated heterocycles. The van der Waals surface area contributed by atoms with E-state index in [1.165, 1.54) is 16.8 Å². The fourth-order valence-electron chi connectivity index (χ4n) is 3.77. The topological polar surface area (TPSA) is 145 Å². The van der Waals surface area contributed by atoms with E-state index in [4.69, 9.17) is 0 Å². The summed E-state index contributed by atoms with van der Waals surface area (Å²) in [5, 5.41) is 32.2. The number of benzene rings is 2. The Morgan fingerprint density at radius 2 is 1.66 bits per heavy atom. The number of aliphatic carboxylic acids is 1. The maximum absolute atomic E-state index is 13.1. The first kappa shape index (κ1) is 23.2. The minimum Gasteiger partial charge on any atom is -0.505 e. The summed E-state index contributed by atoms with van der Waals surface area (Å²) in [6.45, 7) is 0.239. The van der Waals surface area contributed by atoms with Crippen molar-refractivity contribution in [2.24, 2.45) is 0 Å². The fraction of sp³-hybridized carbons (Fsp3) is 0.115. The van der Waals surface area contributed by atoms with Crippen LogP contribution in [0.25, 0.3) is 10.8 Å². The summed E-state index contributed by atoms with van der Waals surface area (Å²) >= 11 is 0. The van der Waals surface area contributed by atoms with Crippen molar-refractivity contribution >= 4 is 22.6 Å². The average Bonchev–Trinajstić information content (AvgIpc) is 2.86. The third-order valence-corrected chi connectivity index (χ3v) is 5.51. The second-order valence-corrected chi connectivity index (χ2v) is 7.85. The number of nitrogens with zero attached hydrogens (tertiary/aromatic N) is 3. The van der Waals surface area contributed by atoms with E-state index >= 15 is 0 Å². The summed E-state index contributed by atoms with van der Waals surface area (Å²) in [5.74, 6) is -2.85. The molecule has 0 saturated carbocycles. The highest BCUT2D eigenvalue weighted by Crippen LogP contribution is 2.27. The number of rotatable bonds is 7. The number of fused-ring (bicyclic) bond motifs is 1. The lowest BCUT2D eigenvalue weighted by Gasteiger charge is -2.16. The van der Waals surface area contributed by atoms with E-state index in [0.29, 0.717) is 5.56 Å². The van der Waals surface area contributed by atoms with Crippen LogP contribution in [0, 0.1) is 11.3 Å². The Morgan fingerprint density at radius 3 is 2.26 bits per heavy atom. The van der Waals surface area contributed by atoms with E-state index in [1.54, 1.807) is 30.3 Å². The molecule has 0 fully saturated rings. The van der Waals surface area contributed by atoms with Gasteiger partial charge in [-0.1, -0.05) is 60.7 Å². The van der Waals surface area contributed by atoms with E-state index < -0.39 is 34.9 Å². The number of nitriles is 1. The molecule has 2 heterocycles. The zero-order chi connectivity index (χ0) is 24.9. The van der Waals surface area contributed by atoms with Crippen LogP contribution in [0.15, 0.2) is 77.7 Å². The third kappa shape index (κ3) is 4.86. The van der Waals surface area contributed by atoms with Crippen molar-refractivity contribution < 1.29 is 19.8 Å². The molecule has 0 radical (unpaired) electrons. The summed E-state index contributed by atoms with van der Waals surface area (Å²) in [7, 11) is 0. The van der Waals surface area contributed by atoms with Crippen LogP contribution in [0.2, 0.25) is 0 Å². The fourth-order valence-corrected chi connectivity index (χ4v) is 3.77. The number of carbonyl (C=O) groups excluding carboxylic acids is 1. The van der Waals surface area contributed by atoms with E-state index in [0.717, 1.165) is 5.56 Å². The van der Waals surface area contributed by atoms with Gasteiger partial charge in [-0.2, -0.15) is 5.26 Å². The van der Waals surface area contributed by atoms with Gasteiger partial charge in [0.2, 0.25) is 0 Å². The number of hydrogen-bond acceptors (Lipinski definition) is 6. The van der Waals surface area contributed by atoms with E-state index in [9.17, 15) is 29.9 Å². The maximum Gasteiger partial charge on any atom is 0.326 e. The molecule has 1 amide bonds. The van der Waals surface area contributed by atoms with Crippen molar-refractivity contribution in [2.45, 2.75) is 19.0 Å². The van der Waals surface area contributed by atoms with Gasteiger partial charge in [0, 0.05) is 18.0 Å². The number of pyridine rings is 2. The summed E-state index contributed by atoms with van der Waals surface area (Å²) in [4.78, 5) is 41.6. The van der Waals surface area contributed by atoms with Crippen LogP contribution in [0.5, 0.6) is 5.75 Å². The van der Waals surface area contributed by atoms with Crippen LogP contribution in [0.3, 0.4) is 0 Å². The molecule has 35 heavy (non-hydrogen) atoms. The lowest BCUT2D eigenvalue weighted by atomic mass is 10.1. The Kier molecular flexibility index (Phi) is 6.55. The van der Waals surface area contributed by atoms with Crippen LogP contribution < -0.4 is 10.9 Å². The monoisotopic (exact) mass is 468 g/mol. The number of aromatic hydroxyl groups is 1. The molecule has 174 valence electrons. The Hall–Kier alpha value is -4.97. The summed E-state index contributed by atoms with van der Waals surface area (Å²) < 4.78 is 1.37. The molecule has 9 heteroatoms. The highest BCUT2D eigenvalue weighted by atomic mass is 16.4. The number of carboxylic acid groups (broad SMARTS) is 1. The number of amides is 1. The molecular formula is C26H20N4O5. The molecule has 0 bridgehead atoms. The Bertz CT molecular complexity index is 1510. The summed E-state index contributed by atoms with van der Waals surface area (Å²) in [6.07, 6.45) is 1.46. The standard InChI is InChI=1S/C26H20N4O5/c27-14-20-21-18(11-12-30(25(21)33)15-17-9-5-2-6-10-17)23(31)22(28-20)24(32)29-19(26(34)35)13-16-7-3-1-4-8-16/h1-12,19,31H,13,15H2,(H,29,32)(H,34,35). The van der Waals surface area contributed by atoms with E-state index in [1.807, 2.05) is 36.4 Å². The Balaban J connectivity index is 1.70. The molecule has 1 unspecified atom stereocenters. The summed E-state index contributed by atoms with van der Waals surface area (Å²) in [6, 6.07) is 19.9. The largest absolute Gasteiger partial charge is 0.505 e. The SMILES string of the molecule is N#Cc1nc(C(=O)NC(Cc2ccccc2)C(=O)O)c(O)c2ccn(Cc3ccccc3)c(=O)c12. The maximum atomic E-state index is 13.1. The van der Waals surface area contributed by atoms with Gasteiger partial charge < -0.3 is 20.1 Å². The second-order valence-electron chi connectivity index (χ2n) is 7.85. The quantitative estimate of drug-likeness (QED) is 0.378. The molecule has 0 aliphatic heterocycles. The van der Waals surface area contributed by atoms with E-state index in [-0.39, 0.29) is 29.4 Å². The molecule has 3 N–H and O–H groups in total. The molecule has 4 aromatic rings. The van der Waals surface area contributed by atoms with Crippen molar-refractivity contribution in [1.29, 1.82) is 5.26 Å². The molecule has 2 aromatic carbocycles. The van der Waals surface area contributed by atoms with Crippen LogP contribution in [0.4, 0.5) is 0 Å². The first-order valence-electron chi connectivity index (χ1n) is 10.7. The van der Waals surface area contributed by atoms with Gasteiger partial charge in [-0.3, -0.25) is 9.59 Å². The zero-order valence-corrected chi connectivity index (χ0v) is 18.4. The molecule has 0 aliphatic carbocycles. The molecule has 1 atom stereocenters. The van der Waals surface area contributed by atoms with Crippen LogP contribution >= 0.6 is 0 Å². The van der Waals surface area contributed by atoms with Crippen molar-refractivity contribution in [2.75, 3.05) is 0 Å². The summed E-state index contributed by atoms with van der Waals surface area (Å²) in [5.41, 5.74) is 0.121. The highest BCUT2D eigenvalue weighted by molar-refractivity contribution is 6.03. The normalized spacial score (nSPS) is 11.5. The van der Waals surface area contributed by atoms with Gasteiger partial charge in [0.15, 0.2) is 17.1 Å². The number of aromatic nitrogens is 2. The van der Waals surface area contributed by atoms with Crippen molar-refractivity contribution in [3.63, 3.8) is 0 Å². The van der Waals surface area contributed by atoms with Gasteiger partial charge in [0.1, 0.15) is 12.1 Å². The molecule has 9 nitrogen and oxygen atoms in total. The lowest BCUT2D eigenvalue weighted by Crippen LogP contribution is -2.42. The Morgan fingerprint density at radius 1 is 1.03 bits per heavy atom.